The van der Waals surface area contributed by atoms with E-state index in [0.717, 1.165) is 55.5 Å². The summed E-state index contributed by atoms with van der Waals surface area (Å²) in [5.74, 6) is 1.60. The molecule has 7 aromatic rings. The SMILES string of the molecule is COC[C@H]1C[C@@H](c2ncc(-c3ccc4c(c3)COc3cc5c(ccc6nc([C@@H]7C[C@H](COC)CN7C(=O)[C@H](NC(=O)OC)c7ccccc7)[nH]c65)cc3-4)[nH]2)N(C(=O)[C@H](NC(=O)OC)c2ccccc2)C1. The maximum Gasteiger partial charge on any atom is 0.407 e. The first-order valence-electron chi connectivity index (χ1n) is 23.3. The van der Waals surface area contributed by atoms with Crippen LogP contribution >= 0.6 is 0 Å². The van der Waals surface area contributed by atoms with Crippen LogP contribution in [0.25, 0.3) is 44.2 Å². The molecule has 2 fully saturated rings. The number of carbonyl (C=O) groups excluding carboxylic acids is 4. The van der Waals surface area contributed by atoms with Gasteiger partial charge in [0.2, 0.25) is 0 Å². The van der Waals surface area contributed by atoms with Crippen molar-refractivity contribution < 1.29 is 42.9 Å². The number of benzene rings is 5. The standard InChI is InChI=1S/C53H54N8O9/c1-66-27-30-19-42(60(25-30)50(62)45(58-52(64)68-3)32-11-7-5-8-12-32)48-54-24-41(56-48)35-15-17-37-36(21-35)29-70-44-23-38-34(22-39(37)44)16-18-40-47(38)57-49(55-40)43-20-31(28-67-2)26-61(43)51(63)46(59-53(65)69-4)33-13-9-6-10-14-33/h5-18,21-24,30-31,42-43,45-46H,19-20,25-29H2,1-4H3,(H,54,56)(H,55,57)(H,58,64)(H,59,65)/t30-,31-,42-,43-,45+,46+/m0/s1. The molecule has 0 unspecified atom stereocenters. The highest BCUT2D eigenvalue weighted by molar-refractivity contribution is 6.07. The fraction of sp³-hybridized carbons (Fsp3) is 0.321. The lowest BCUT2D eigenvalue weighted by Crippen LogP contribution is -2.43. The molecule has 5 aromatic carbocycles. The summed E-state index contributed by atoms with van der Waals surface area (Å²) >= 11 is 0. The van der Waals surface area contributed by atoms with Crippen molar-refractivity contribution >= 4 is 45.8 Å². The van der Waals surface area contributed by atoms with Crippen molar-refractivity contribution in [2.24, 2.45) is 11.8 Å². The molecule has 360 valence electrons. The van der Waals surface area contributed by atoms with Gasteiger partial charge in [0, 0.05) is 50.1 Å². The van der Waals surface area contributed by atoms with E-state index in [1.807, 2.05) is 66.7 Å². The fourth-order valence-corrected chi connectivity index (χ4v) is 10.4. The van der Waals surface area contributed by atoms with Gasteiger partial charge in [-0.05, 0) is 70.3 Å². The molecule has 0 spiro atoms. The number of aromatic nitrogens is 4. The summed E-state index contributed by atoms with van der Waals surface area (Å²) in [7, 11) is 5.85. The number of amides is 4. The van der Waals surface area contributed by atoms with Gasteiger partial charge in [0.25, 0.3) is 11.8 Å². The molecule has 17 heteroatoms. The first-order chi connectivity index (χ1) is 34.1. The first-order valence-corrected chi connectivity index (χ1v) is 23.3. The van der Waals surface area contributed by atoms with Crippen LogP contribution in [0, 0.1) is 11.8 Å². The Morgan fingerprint density at radius 1 is 0.700 bits per heavy atom. The number of ether oxygens (including phenoxy) is 5. The van der Waals surface area contributed by atoms with Crippen LogP contribution in [0.4, 0.5) is 9.59 Å². The normalized spacial score (nSPS) is 19.3. The van der Waals surface area contributed by atoms with E-state index in [9.17, 15) is 19.2 Å². The van der Waals surface area contributed by atoms with Gasteiger partial charge in [0.1, 0.15) is 36.1 Å². The van der Waals surface area contributed by atoms with Crippen LogP contribution in [0.3, 0.4) is 0 Å². The highest BCUT2D eigenvalue weighted by Gasteiger charge is 2.43. The number of carbonyl (C=O) groups is 4. The largest absolute Gasteiger partial charge is 0.488 e. The molecular weight excluding hydrogens is 893 g/mol. The number of aromatic amines is 2. The van der Waals surface area contributed by atoms with Gasteiger partial charge in [-0.15, -0.1) is 0 Å². The third-order valence-electron chi connectivity index (χ3n) is 13.7. The van der Waals surface area contributed by atoms with E-state index in [4.69, 9.17) is 33.7 Å². The van der Waals surface area contributed by atoms with Crippen LogP contribution in [0.2, 0.25) is 0 Å². The van der Waals surface area contributed by atoms with Crippen LogP contribution in [0.15, 0.2) is 109 Å². The van der Waals surface area contributed by atoms with Gasteiger partial charge in [-0.1, -0.05) is 78.9 Å². The predicted molar refractivity (Wildman–Crippen MR) is 259 cm³/mol. The molecule has 0 aliphatic carbocycles. The van der Waals surface area contributed by atoms with E-state index in [1.165, 1.54) is 14.2 Å². The molecule has 2 aromatic heterocycles. The molecule has 2 saturated heterocycles. The number of H-pyrrole nitrogens is 2. The van der Waals surface area contributed by atoms with E-state index in [1.54, 1.807) is 30.2 Å². The molecule has 10 rings (SSSR count). The van der Waals surface area contributed by atoms with Crippen molar-refractivity contribution in [2.45, 2.75) is 43.6 Å². The zero-order valence-corrected chi connectivity index (χ0v) is 39.3. The second-order valence-electron chi connectivity index (χ2n) is 18.1. The van der Waals surface area contributed by atoms with Gasteiger partial charge in [0.05, 0.1) is 62.4 Å². The monoisotopic (exact) mass is 946 g/mol. The number of fused-ring (bicyclic) bond motifs is 6. The highest BCUT2D eigenvalue weighted by atomic mass is 16.5. The third kappa shape index (κ3) is 8.89. The Hall–Kier alpha value is -7.76. The second-order valence-corrected chi connectivity index (χ2v) is 18.1. The van der Waals surface area contributed by atoms with Crippen LogP contribution in [-0.2, 0) is 35.1 Å². The zero-order valence-electron chi connectivity index (χ0n) is 39.3. The molecule has 3 aliphatic heterocycles. The summed E-state index contributed by atoms with van der Waals surface area (Å²) in [5.41, 5.74) is 7.60. The topological polar surface area (TPSA) is 202 Å². The Morgan fingerprint density at radius 2 is 1.30 bits per heavy atom. The van der Waals surface area contributed by atoms with Crippen LogP contribution < -0.4 is 15.4 Å². The summed E-state index contributed by atoms with van der Waals surface area (Å²) in [6, 6.07) is 30.1. The molecule has 3 aliphatic rings. The number of hydrogen-bond donors (Lipinski definition) is 4. The minimum absolute atomic E-state index is 0.0495. The molecule has 4 N–H and O–H groups in total. The molecular formula is C53H54N8O9. The minimum Gasteiger partial charge on any atom is -0.488 e. The van der Waals surface area contributed by atoms with Crippen molar-refractivity contribution in [1.82, 2.24) is 40.4 Å². The second kappa shape index (κ2) is 19.7. The van der Waals surface area contributed by atoms with Crippen molar-refractivity contribution in [2.75, 3.05) is 54.7 Å². The third-order valence-corrected chi connectivity index (χ3v) is 13.7. The van der Waals surface area contributed by atoms with Gasteiger partial charge in [-0.25, -0.2) is 19.6 Å². The van der Waals surface area contributed by atoms with Crippen molar-refractivity contribution in [3.8, 4) is 28.1 Å². The lowest BCUT2D eigenvalue weighted by molar-refractivity contribution is -0.135. The predicted octanol–water partition coefficient (Wildman–Crippen LogP) is 7.93. The van der Waals surface area contributed by atoms with Gasteiger partial charge >= 0.3 is 12.2 Å². The quantitative estimate of drug-likeness (QED) is 0.0875. The summed E-state index contributed by atoms with van der Waals surface area (Å²) in [5, 5.41) is 7.41. The number of methoxy groups -OCH3 is 4. The zero-order chi connectivity index (χ0) is 48.5. The van der Waals surface area contributed by atoms with Gasteiger partial charge in [-0.3, -0.25) is 9.59 Å². The van der Waals surface area contributed by atoms with E-state index in [-0.39, 0.29) is 29.7 Å². The van der Waals surface area contributed by atoms with E-state index in [2.05, 4.69) is 57.0 Å². The molecule has 6 atom stereocenters. The number of alkyl carbamates (subject to hydrolysis) is 2. The molecule has 0 bridgehead atoms. The van der Waals surface area contributed by atoms with Crippen molar-refractivity contribution in [3.63, 3.8) is 0 Å². The Morgan fingerprint density at radius 3 is 1.89 bits per heavy atom. The summed E-state index contributed by atoms with van der Waals surface area (Å²) in [6.45, 7) is 2.13. The Bertz CT molecular complexity index is 3070. The van der Waals surface area contributed by atoms with E-state index >= 15 is 0 Å². The maximum absolute atomic E-state index is 14.5. The minimum atomic E-state index is -0.963. The highest BCUT2D eigenvalue weighted by Crippen LogP contribution is 2.44. The van der Waals surface area contributed by atoms with Gasteiger partial charge < -0.3 is 54.1 Å². The average molecular weight is 947 g/mol. The van der Waals surface area contributed by atoms with Crippen LogP contribution in [0.5, 0.6) is 5.75 Å². The number of hydrogen-bond acceptors (Lipinski definition) is 11. The van der Waals surface area contributed by atoms with Crippen molar-refractivity contribution in [1.29, 1.82) is 0 Å². The summed E-state index contributed by atoms with van der Waals surface area (Å²) in [6.07, 6.45) is 1.63. The molecule has 70 heavy (non-hydrogen) atoms. The fourth-order valence-electron chi connectivity index (χ4n) is 10.4. The molecule has 0 saturated carbocycles. The lowest BCUT2D eigenvalue weighted by atomic mass is 9.92. The smallest absolute Gasteiger partial charge is 0.407 e. The summed E-state index contributed by atoms with van der Waals surface area (Å²) < 4.78 is 27.4. The number of nitrogens with one attached hydrogen (secondary N) is 4. The maximum atomic E-state index is 14.5. The number of likely N-dealkylation sites (tertiary alicyclic amines) is 2. The molecule has 17 nitrogen and oxygen atoms in total. The van der Waals surface area contributed by atoms with Gasteiger partial charge in [0.15, 0.2) is 0 Å². The molecule has 0 radical (unpaired) electrons. The van der Waals surface area contributed by atoms with Crippen LogP contribution in [-0.4, -0.2) is 108 Å². The summed E-state index contributed by atoms with van der Waals surface area (Å²) in [4.78, 5) is 74.3. The first kappa shape index (κ1) is 46.0. The lowest BCUT2D eigenvalue weighted by Gasteiger charge is -2.28. The number of imidazole rings is 2. The van der Waals surface area contributed by atoms with Gasteiger partial charge in [-0.2, -0.15) is 0 Å². The van der Waals surface area contributed by atoms with E-state index in [0.29, 0.717) is 68.5 Å². The average Bonchev–Trinajstić information content (AvgIpc) is 4.23. The van der Waals surface area contributed by atoms with E-state index < -0.39 is 30.3 Å². The molecule has 4 amide bonds. The Labute approximate surface area is 403 Å². The number of rotatable bonds is 13. The molecule has 5 heterocycles. The van der Waals surface area contributed by atoms with Crippen LogP contribution in [0.1, 0.15) is 65.3 Å². The van der Waals surface area contributed by atoms with Crippen molar-refractivity contribution in [3.05, 3.63) is 138 Å². The number of nitrogens with zero attached hydrogens (tertiary/aromatic N) is 4. The Balaban J connectivity index is 0.918. The Kier molecular flexibility index (Phi) is 12.9.